The van der Waals surface area contributed by atoms with Gasteiger partial charge >= 0.3 is 0 Å². The third-order valence-electron chi connectivity index (χ3n) is 1.94. The van der Waals surface area contributed by atoms with Crippen LogP contribution in [-0.2, 0) is 0 Å². The zero-order valence-corrected chi connectivity index (χ0v) is 10.3. The largest absolute Gasteiger partial charge is 0.438 e. The Kier molecular flexibility index (Phi) is 3.34. The molecular weight excluding hydrogens is 284 g/mol. The maximum Gasteiger partial charge on any atom is 0.237 e. The molecule has 0 fully saturated rings. The van der Waals surface area contributed by atoms with Crippen molar-refractivity contribution in [2.75, 3.05) is 0 Å². The van der Waals surface area contributed by atoms with Gasteiger partial charge in [0.2, 0.25) is 5.88 Å². The summed E-state index contributed by atoms with van der Waals surface area (Å²) in [6.45, 7) is 0. The maximum absolute atomic E-state index is 7.18. The highest BCUT2D eigenvalue weighted by molar-refractivity contribution is 9.10. The van der Waals surface area contributed by atoms with Crippen LogP contribution in [0.1, 0.15) is 5.69 Å². The zero-order chi connectivity index (χ0) is 12.3. The van der Waals surface area contributed by atoms with Crippen molar-refractivity contribution in [3.8, 4) is 11.6 Å². The number of aromatic nitrogens is 2. The second-order valence-electron chi connectivity index (χ2n) is 3.21. The molecule has 0 bridgehead atoms. The molecule has 0 aliphatic heterocycles. The molecule has 0 spiro atoms. The average Bonchev–Trinajstić information content (AvgIpc) is 2.33. The minimum absolute atomic E-state index is 0.118. The van der Waals surface area contributed by atoms with Gasteiger partial charge in [-0.1, -0.05) is 15.9 Å². The fraction of sp³-hybridized carbons (Fsp3) is 0. The van der Waals surface area contributed by atoms with Crippen molar-refractivity contribution in [2.45, 2.75) is 0 Å². The van der Waals surface area contributed by atoms with E-state index in [2.05, 4.69) is 25.9 Å². The van der Waals surface area contributed by atoms with Crippen LogP contribution in [-0.4, -0.2) is 15.8 Å². The van der Waals surface area contributed by atoms with Crippen LogP contribution in [0.15, 0.2) is 41.1 Å². The van der Waals surface area contributed by atoms with Crippen LogP contribution in [0.5, 0.6) is 11.6 Å². The molecule has 1 heterocycles. The van der Waals surface area contributed by atoms with Crippen LogP contribution in [0.3, 0.4) is 0 Å². The number of nitrogens with zero attached hydrogens (tertiary/aromatic N) is 2. The summed E-state index contributed by atoms with van der Waals surface area (Å²) in [5.74, 6) is 0.906. The van der Waals surface area contributed by atoms with E-state index >= 15 is 0 Å². The van der Waals surface area contributed by atoms with E-state index in [0.29, 0.717) is 17.3 Å². The highest BCUT2D eigenvalue weighted by Crippen LogP contribution is 2.20. The Morgan fingerprint density at radius 2 is 1.88 bits per heavy atom. The van der Waals surface area contributed by atoms with E-state index in [9.17, 15) is 0 Å². The van der Waals surface area contributed by atoms with Crippen LogP contribution in [0.4, 0.5) is 0 Å². The van der Waals surface area contributed by atoms with Gasteiger partial charge in [0.15, 0.2) is 0 Å². The molecule has 0 atom stereocenters. The fourth-order valence-electron chi connectivity index (χ4n) is 1.13. The third-order valence-corrected chi connectivity index (χ3v) is 2.47. The van der Waals surface area contributed by atoms with Gasteiger partial charge in [0.1, 0.15) is 17.3 Å². The number of nitrogen functional groups attached to an aromatic ring is 1. The molecule has 0 amide bonds. The van der Waals surface area contributed by atoms with E-state index in [4.69, 9.17) is 15.9 Å². The van der Waals surface area contributed by atoms with Crippen molar-refractivity contribution in [3.05, 3.63) is 46.8 Å². The molecule has 5 nitrogen and oxygen atoms in total. The predicted molar refractivity (Wildman–Crippen MR) is 67.3 cm³/mol. The Morgan fingerprint density at radius 1 is 1.18 bits per heavy atom. The lowest BCUT2D eigenvalue weighted by Crippen LogP contribution is -2.13. The average molecular weight is 293 g/mol. The summed E-state index contributed by atoms with van der Waals surface area (Å²) in [5, 5.41) is 7.18. The Morgan fingerprint density at radius 3 is 2.41 bits per heavy atom. The van der Waals surface area contributed by atoms with Gasteiger partial charge in [-0.3, -0.25) is 5.41 Å². The Labute approximate surface area is 106 Å². The van der Waals surface area contributed by atoms with E-state index in [1.54, 1.807) is 0 Å². The monoisotopic (exact) mass is 292 g/mol. The standard InChI is InChI=1S/C11H9BrN4O/c12-7-1-3-8(4-2-7)17-10-6-15-9(5-16-10)11(13)14/h1-6H,(H3,13,14). The predicted octanol–water partition coefficient (Wildman–Crippen LogP) is 2.32. The Hall–Kier alpha value is -1.95. The lowest BCUT2D eigenvalue weighted by molar-refractivity contribution is 0.460. The molecule has 0 saturated carbocycles. The van der Waals surface area contributed by atoms with Gasteiger partial charge in [-0.25, -0.2) is 9.97 Å². The topological polar surface area (TPSA) is 84.9 Å². The van der Waals surface area contributed by atoms with Crippen LogP contribution >= 0.6 is 15.9 Å². The van der Waals surface area contributed by atoms with E-state index in [1.165, 1.54) is 12.4 Å². The molecular formula is C11H9BrN4O. The van der Waals surface area contributed by atoms with E-state index in [0.717, 1.165) is 4.47 Å². The van der Waals surface area contributed by atoms with Gasteiger partial charge in [-0.2, -0.15) is 0 Å². The molecule has 6 heteroatoms. The first-order valence-electron chi connectivity index (χ1n) is 4.75. The number of nitrogens with one attached hydrogen (secondary N) is 1. The summed E-state index contributed by atoms with van der Waals surface area (Å²) in [6, 6.07) is 7.36. The summed E-state index contributed by atoms with van der Waals surface area (Å²) < 4.78 is 6.44. The minimum atomic E-state index is -0.118. The van der Waals surface area contributed by atoms with E-state index in [-0.39, 0.29) is 5.84 Å². The summed E-state index contributed by atoms with van der Waals surface area (Å²) in [7, 11) is 0. The molecule has 0 aliphatic carbocycles. The van der Waals surface area contributed by atoms with Crippen LogP contribution in [0.25, 0.3) is 0 Å². The van der Waals surface area contributed by atoms with E-state index in [1.807, 2.05) is 24.3 Å². The number of nitrogens with two attached hydrogens (primary N) is 1. The van der Waals surface area contributed by atoms with Crippen LogP contribution in [0.2, 0.25) is 0 Å². The van der Waals surface area contributed by atoms with Crippen molar-refractivity contribution in [2.24, 2.45) is 5.73 Å². The number of hydrogen-bond acceptors (Lipinski definition) is 4. The highest BCUT2D eigenvalue weighted by Gasteiger charge is 2.02. The SMILES string of the molecule is N=C(N)c1cnc(Oc2ccc(Br)cc2)cn1. The summed E-state index contributed by atoms with van der Waals surface area (Å²) in [4.78, 5) is 7.95. The quantitative estimate of drug-likeness (QED) is 0.671. The Bertz CT molecular complexity index is 524. The van der Waals surface area contributed by atoms with E-state index < -0.39 is 0 Å². The summed E-state index contributed by atoms with van der Waals surface area (Å²) in [6.07, 6.45) is 2.83. The molecule has 0 unspecified atom stereocenters. The molecule has 86 valence electrons. The first-order valence-corrected chi connectivity index (χ1v) is 5.54. The molecule has 2 aromatic rings. The zero-order valence-electron chi connectivity index (χ0n) is 8.72. The molecule has 0 radical (unpaired) electrons. The third kappa shape index (κ3) is 3.01. The minimum Gasteiger partial charge on any atom is -0.438 e. The summed E-state index contributed by atoms with van der Waals surface area (Å²) in [5.41, 5.74) is 5.59. The maximum atomic E-state index is 7.18. The van der Waals surface area contributed by atoms with Crippen molar-refractivity contribution in [3.63, 3.8) is 0 Å². The summed E-state index contributed by atoms with van der Waals surface area (Å²) >= 11 is 3.34. The van der Waals surface area contributed by atoms with Gasteiger partial charge in [-0.05, 0) is 24.3 Å². The highest BCUT2D eigenvalue weighted by atomic mass is 79.9. The van der Waals surface area contributed by atoms with Crippen LogP contribution in [0, 0.1) is 5.41 Å². The van der Waals surface area contributed by atoms with Crippen molar-refractivity contribution in [1.82, 2.24) is 9.97 Å². The molecule has 0 aliphatic rings. The lowest BCUT2D eigenvalue weighted by atomic mass is 10.3. The smallest absolute Gasteiger partial charge is 0.237 e. The molecule has 3 N–H and O–H groups in total. The van der Waals surface area contributed by atoms with Crippen molar-refractivity contribution < 1.29 is 4.74 Å². The van der Waals surface area contributed by atoms with Gasteiger partial charge in [0, 0.05) is 4.47 Å². The molecule has 1 aromatic carbocycles. The first kappa shape index (κ1) is 11.5. The van der Waals surface area contributed by atoms with Gasteiger partial charge < -0.3 is 10.5 Å². The number of amidine groups is 1. The molecule has 0 saturated heterocycles. The van der Waals surface area contributed by atoms with Gasteiger partial charge in [0.05, 0.1) is 12.4 Å². The second-order valence-corrected chi connectivity index (χ2v) is 4.13. The second kappa shape index (κ2) is 4.92. The van der Waals surface area contributed by atoms with Crippen molar-refractivity contribution >= 4 is 21.8 Å². The number of rotatable bonds is 3. The lowest BCUT2D eigenvalue weighted by Gasteiger charge is -2.04. The van der Waals surface area contributed by atoms with Gasteiger partial charge in [0.25, 0.3) is 0 Å². The fourth-order valence-corrected chi connectivity index (χ4v) is 1.40. The molecule has 17 heavy (non-hydrogen) atoms. The normalized spacial score (nSPS) is 9.94. The van der Waals surface area contributed by atoms with Crippen LogP contribution < -0.4 is 10.5 Å². The molecule has 1 aromatic heterocycles. The Balaban J connectivity index is 2.13. The van der Waals surface area contributed by atoms with Gasteiger partial charge in [-0.15, -0.1) is 0 Å². The van der Waals surface area contributed by atoms with Crippen molar-refractivity contribution in [1.29, 1.82) is 5.41 Å². The first-order chi connectivity index (χ1) is 8.15. The number of ether oxygens (including phenoxy) is 1. The number of halogens is 1. The molecule has 2 rings (SSSR count). The number of benzene rings is 1. The number of hydrogen-bond donors (Lipinski definition) is 2.